The number of hydrogen-bond donors (Lipinski definition) is 1. The molecule has 0 radical (unpaired) electrons. The summed E-state index contributed by atoms with van der Waals surface area (Å²) >= 11 is 0. The Kier molecular flexibility index (Phi) is 3.01. The zero-order valence-electron chi connectivity index (χ0n) is 7.33. The van der Waals surface area contributed by atoms with Gasteiger partial charge in [0.1, 0.15) is 5.82 Å². The average Bonchev–Trinajstić information content (AvgIpc) is 2.04. The van der Waals surface area contributed by atoms with E-state index in [0.717, 1.165) is 5.56 Å². The quantitative estimate of drug-likeness (QED) is 0.777. The summed E-state index contributed by atoms with van der Waals surface area (Å²) < 4.78 is 12.7. The van der Waals surface area contributed by atoms with E-state index >= 15 is 0 Å². The first-order valence-electron chi connectivity index (χ1n) is 4.07. The van der Waals surface area contributed by atoms with Gasteiger partial charge in [-0.05, 0) is 24.1 Å². The van der Waals surface area contributed by atoms with Gasteiger partial charge in [0, 0.05) is 0 Å². The van der Waals surface area contributed by atoms with Gasteiger partial charge >= 0.3 is 5.97 Å². The highest BCUT2D eigenvalue weighted by atomic mass is 19.1. The average molecular weight is 182 g/mol. The molecule has 0 fully saturated rings. The van der Waals surface area contributed by atoms with Gasteiger partial charge in [0.25, 0.3) is 0 Å². The molecular formula is C10H11FO2. The number of carbonyl (C=O) groups is 1. The van der Waals surface area contributed by atoms with Crippen molar-refractivity contribution in [2.45, 2.75) is 13.3 Å². The molecule has 2 nitrogen and oxygen atoms in total. The molecule has 1 unspecified atom stereocenters. The number of rotatable bonds is 3. The first kappa shape index (κ1) is 9.71. The molecule has 1 atom stereocenters. The Bertz CT molecular complexity index is 310. The van der Waals surface area contributed by atoms with E-state index in [0.29, 0.717) is 6.42 Å². The first-order valence-corrected chi connectivity index (χ1v) is 4.07. The monoisotopic (exact) mass is 182 g/mol. The van der Waals surface area contributed by atoms with Crippen molar-refractivity contribution in [1.82, 2.24) is 0 Å². The fourth-order valence-corrected chi connectivity index (χ4v) is 1.10. The van der Waals surface area contributed by atoms with Crippen LogP contribution < -0.4 is 0 Å². The molecule has 1 aromatic rings. The van der Waals surface area contributed by atoms with E-state index in [1.54, 1.807) is 19.1 Å². The molecule has 1 N–H and O–H groups in total. The second-order valence-corrected chi connectivity index (χ2v) is 3.07. The Morgan fingerprint density at radius 1 is 1.62 bits per heavy atom. The minimum atomic E-state index is -0.857. The maximum absolute atomic E-state index is 12.7. The Morgan fingerprint density at radius 3 is 2.85 bits per heavy atom. The second-order valence-electron chi connectivity index (χ2n) is 3.07. The first-order chi connectivity index (χ1) is 6.09. The van der Waals surface area contributed by atoms with E-state index in [-0.39, 0.29) is 5.82 Å². The molecule has 13 heavy (non-hydrogen) atoms. The van der Waals surface area contributed by atoms with Crippen LogP contribution in [0.4, 0.5) is 4.39 Å². The lowest BCUT2D eigenvalue weighted by atomic mass is 10.0. The highest BCUT2D eigenvalue weighted by Gasteiger charge is 2.11. The zero-order chi connectivity index (χ0) is 9.84. The maximum atomic E-state index is 12.7. The van der Waals surface area contributed by atoms with Crippen LogP contribution in [0.3, 0.4) is 0 Å². The summed E-state index contributed by atoms with van der Waals surface area (Å²) in [5, 5.41) is 8.62. The highest BCUT2D eigenvalue weighted by Crippen LogP contribution is 2.10. The SMILES string of the molecule is CC(Cc1cccc(F)c1)C(=O)O. The molecule has 1 aromatic carbocycles. The highest BCUT2D eigenvalue weighted by molar-refractivity contribution is 5.69. The molecule has 0 bridgehead atoms. The Labute approximate surface area is 76.0 Å². The van der Waals surface area contributed by atoms with Gasteiger partial charge < -0.3 is 5.11 Å². The van der Waals surface area contributed by atoms with Crippen molar-refractivity contribution in [3.05, 3.63) is 35.6 Å². The zero-order valence-corrected chi connectivity index (χ0v) is 7.33. The third kappa shape index (κ3) is 2.86. The van der Waals surface area contributed by atoms with Crippen molar-refractivity contribution in [2.75, 3.05) is 0 Å². The number of carboxylic acids is 1. The molecule has 0 saturated heterocycles. The molecule has 1 rings (SSSR count). The predicted molar refractivity (Wildman–Crippen MR) is 46.9 cm³/mol. The van der Waals surface area contributed by atoms with E-state index in [2.05, 4.69) is 0 Å². The van der Waals surface area contributed by atoms with Crippen molar-refractivity contribution in [1.29, 1.82) is 0 Å². The molecule has 70 valence electrons. The van der Waals surface area contributed by atoms with Crippen molar-refractivity contribution in [3.63, 3.8) is 0 Å². The van der Waals surface area contributed by atoms with Gasteiger partial charge in [-0.1, -0.05) is 19.1 Å². The van der Waals surface area contributed by atoms with Crippen LogP contribution in [0, 0.1) is 11.7 Å². The van der Waals surface area contributed by atoms with Crippen molar-refractivity contribution < 1.29 is 14.3 Å². The fourth-order valence-electron chi connectivity index (χ4n) is 1.10. The summed E-state index contributed by atoms with van der Waals surface area (Å²) in [5.74, 6) is -1.65. The third-order valence-corrected chi connectivity index (χ3v) is 1.85. The lowest BCUT2D eigenvalue weighted by Gasteiger charge is -2.05. The van der Waals surface area contributed by atoms with E-state index in [1.165, 1.54) is 12.1 Å². The van der Waals surface area contributed by atoms with Crippen molar-refractivity contribution in [2.24, 2.45) is 5.92 Å². The van der Waals surface area contributed by atoms with Crippen LogP contribution in [0.15, 0.2) is 24.3 Å². The normalized spacial score (nSPS) is 12.5. The van der Waals surface area contributed by atoms with Gasteiger partial charge in [0.2, 0.25) is 0 Å². The summed E-state index contributed by atoms with van der Waals surface area (Å²) in [4.78, 5) is 10.5. The third-order valence-electron chi connectivity index (χ3n) is 1.85. The lowest BCUT2D eigenvalue weighted by molar-refractivity contribution is -0.141. The summed E-state index contributed by atoms with van der Waals surface area (Å²) in [5.41, 5.74) is 0.718. The van der Waals surface area contributed by atoms with Gasteiger partial charge in [0.15, 0.2) is 0 Å². The number of halogens is 1. The number of carboxylic acid groups (broad SMARTS) is 1. The number of benzene rings is 1. The van der Waals surface area contributed by atoms with Gasteiger partial charge in [-0.25, -0.2) is 4.39 Å². The summed E-state index contributed by atoms with van der Waals surface area (Å²) in [6.07, 6.45) is 0.368. The number of aliphatic carboxylic acids is 1. The topological polar surface area (TPSA) is 37.3 Å². The smallest absolute Gasteiger partial charge is 0.306 e. The van der Waals surface area contributed by atoms with Crippen molar-refractivity contribution >= 4 is 5.97 Å². The van der Waals surface area contributed by atoms with E-state index in [1.807, 2.05) is 0 Å². The molecular weight excluding hydrogens is 171 g/mol. The second kappa shape index (κ2) is 4.03. The van der Waals surface area contributed by atoms with Crippen LogP contribution in [0.25, 0.3) is 0 Å². The van der Waals surface area contributed by atoms with Crippen LogP contribution in [0.2, 0.25) is 0 Å². The Hall–Kier alpha value is -1.38. The van der Waals surface area contributed by atoms with Crippen molar-refractivity contribution in [3.8, 4) is 0 Å². The van der Waals surface area contributed by atoms with Crippen LogP contribution >= 0.6 is 0 Å². The maximum Gasteiger partial charge on any atom is 0.306 e. The minimum Gasteiger partial charge on any atom is -0.481 e. The number of hydrogen-bond acceptors (Lipinski definition) is 1. The molecule has 0 heterocycles. The molecule has 0 saturated carbocycles. The molecule has 0 aliphatic carbocycles. The fraction of sp³-hybridized carbons (Fsp3) is 0.300. The van der Waals surface area contributed by atoms with Gasteiger partial charge in [-0.15, -0.1) is 0 Å². The molecule has 0 aromatic heterocycles. The van der Waals surface area contributed by atoms with E-state index in [9.17, 15) is 9.18 Å². The predicted octanol–water partition coefficient (Wildman–Crippen LogP) is 2.09. The standard InChI is InChI=1S/C10H11FO2/c1-7(10(12)13)5-8-3-2-4-9(11)6-8/h2-4,6-7H,5H2,1H3,(H,12,13). The van der Waals surface area contributed by atoms with Crippen LogP contribution in [-0.2, 0) is 11.2 Å². The minimum absolute atomic E-state index is 0.324. The van der Waals surface area contributed by atoms with E-state index in [4.69, 9.17) is 5.11 Å². The lowest BCUT2D eigenvalue weighted by Crippen LogP contribution is -2.12. The summed E-state index contributed by atoms with van der Waals surface area (Å²) in [7, 11) is 0. The van der Waals surface area contributed by atoms with Gasteiger partial charge in [-0.2, -0.15) is 0 Å². The molecule has 0 aliphatic rings. The summed E-state index contributed by atoms with van der Waals surface area (Å²) in [6.45, 7) is 1.60. The largest absolute Gasteiger partial charge is 0.481 e. The van der Waals surface area contributed by atoms with Gasteiger partial charge in [-0.3, -0.25) is 4.79 Å². The molecule has 0 amide bonds. The molecule has 0 aliphatic heterocycles. The molecule has 3 heteroatoms. The van der Waals surface area contributed by atoms with Crippen LogP contribution in [0.5, 0.6) is 0 Å². The summed E-state index contributed by atoms with van der Waals surface area (Å²) in [6, 6.07) is 6.01. The van der Waals surface area contributed by atoms with Crippen LogP contribution in [-0.4, -0.2) is 11.1 Å². The molecule has 0 spiro atoms. The van der Waals surface area contributed by atoms with Crippen LogP contribution in [0.1, 0.15) is 12.5 Å². The Morgan fingerprint density at radius 2 is 2.31 bits per heavy atom. The van der Waals surface area contributed by atoms with Gasteiger partial charge in [0.05, 0.1) is 5.92 Å². The Balaban J connectivity index is 2.69. The van der Waals surface area contributed by atoms with E-state index < -0.39 is 11.9 Å².